The molecule has 0 aliphatic rings. The first-order valence-corrected chi connectivity index (χ1v) is 4.75. The molecule has 0 bridgehead atoms. The summed E-state index contributed by atoms with van der Waals surface area (Å²) >= 11 is 0. The molecule has 0 aliphatic heterocycles. The smallest absolute Gasteiger partial charge is 0.341 e. The lowest BCUT2D eigenvalue weighted by atomic mass is 10.2. The average molecular weight is 233 g/mol. The van der Waals surface area contributed by atoms with Gasteiger partial charge in [-0.3, -0.25) is 14.6 Å². The van der Waals surface area contributed by atoms with Crippen LogP contribution in [-0.2, 0) is 0 Å². The van der Waals surface area contributed by atoms with Crippen LogP contribution in [0.5, 0.6) is 0 Å². The zero-order chi connectivity index (χ0) is 12.4. The van der Waals surface area contributed by atoms with Crippen LogP contribution in [0.1, 0.15) is 10.4 Å². The standard InChI is InChI=1S/C11H8N2O4/c14-10-9(11(15)16)2-1-5-13(10)8-3-6-12(17)7-4-8/h1-7H,(H-,15,16,17)/p+1. The Morgan fingerprint density at radius 3 is 2.47 bits per heavy atom. The van der Waals surface area contributed by atoms with Crippen molar-refractivity contribution in [2.24, 2.45) is 0 Å². The highest BCUT2D eigenvalue weighted by atomic mass is 16.5. The van der Waals surface area contributed by atoms with E-state index in [1.54, 1.807) is 0 Å². The third-order valence-electron chi connectivity index (χ3n) is 2.25. The molecule has 2 heterocycles. The molecule has 0 unspecified atom stereocenters. The fourth-order valence-electron chi connectivity index (χ4n) is 1.43. The summed E-state index contributed by atoms with van der Waals surface area (Å²) in [5, 5.41) is 17.9. The lowest BCUT2D eigenvalue weighted by molar-refractivity contribution is -0.904. The molecule has 2 aromatic rings. The summed E-state index contributed by atoms with van der Waals surface area (Å²) in [6.45, 7) is 0. The van der Waals surface area contributed by atoms with E-state index in [2.05, 4.69) is 0 Å². The highest BCUT2D eigenvalue weighted by molar-refractivity contribution is 5.87. The molecule has 2 N–H and O–H groups in total. The monoisotopic (exact) mass is 233 g/mol. The summed E-state index contributed by atoms with van der Waals surface area (Å²) in [7, 11) is 0. The number of nitrogens with zero attached hydrogens (tertiary/aromatic N) is 2. The molecule has 0 aliphatic carbocycles. The minimum atomic E-state index is -1.27. The Balaban J connectivity index is 2.61. The van der Waals surface area contributed by atoms with Gasteiger partial charge in [-0.25, -0.2) is 4.79 Å². The number of hydrogen-bond donors (Lipinski definition) is 2. The van der Waals surface area contributed by atoms with Crippen molar-refractivity contribution in [3.8, 4) is 5.69 Å². The molecule has 0 fully saturated rings. The molecule has 0 atom stereocenters. The Hall–Kier alpha value is -2.63. The molecular weight excluding hydrogens is 224 g/mol. The van der Waals surface area contributed by atoms with Crippen molar-refractivity contribution in [3.05, 3.63) is 58.8 Å². The van der Waals surface area contributed by atoms with Gasteiger partial charge in [-0.1, -0.05) is 0 Å². The van der Waals surface area contributed by atoms with Crippen LogP contribution in [-0.4, -0.2) is 20.9 Å². The van der Waals surface area contributed by atoms with E-state index in [0.717, 1.165) is 4.73 Å². The van der Waals surface area contributed by atoms with Crippen LogP contribution in [0.3, 0.4) is 0 Å². The number of aromatic carboxylic acids is 1. The maximum Gasteiger partial charge on any atom is 0.341 e. The zero-order valence-corrected chi connectivity index (χ0v) is 8.65. The number of pyridine rings is 2. The van der Waals surface area contributed by atoms with Crippen LogP contribution in [0.15, 0.2) is 47.7 Å². The van der Waals surface area contributed by atoms with Crippen molar-refractivity contribution in [2.75, 3.05) is 0 Å². The Morgan fingerprint density at radius 1 is 1.24 bits per heavy atom. The molecule has 6 nitrogen and oxygen atoms in total. The second kappa shape index (κ2) is 4.09. The molecule has 0 spiro atoms. The molecule has 2 aromatic heterocycles. The quantitative estimate of drug-likeness (QED) is 0.567. The molecule has 0 saturated carbocycles. The van der Waals surface area contributed by atoms with E-state index in [4.69, 9.17) is 10.3 Å². The largest absolute Gasteiger partial charge is 0.477 e. The van der Waals surface area contributed by atoms with E-state index in [-0.39, 0.29) is 5.56 Å². The Bertz CT molecular complexity index is 616. The van der Waals surface area contributed by atoms with Gasteiger partial charge in [0, 0.05) is 23.1 Å². The predicted molar refractivity (Wildman–Crippen MR) is 56.4 cm³/mol. The van der Waals surface area contributed by atoms with Gasteiger partial charge in [0.25, 0.3) is 5.56 Å². The first kappa shape index (κ1) is 10.9. The minimum absolute atomic E-state index is 0.298. The second-order valence-corrected chi connectivity index (χ2v) is 3.34. The fraction of sp³-hybridized carbons (Fsp3) is 0. The van der Waals surface area contributed by atoms with Gasteiger partial charge in [0.1, 0.15) is 5.56 Å². The molecule has 0 radical (unpaired) electrons. The Morgan fingerprint density at radius 2 is 1.88 bits per heavy atom. The molecule has 86 valence electrons. The third-order valence-corrected chi connectivity index (χ3v) is 2.25. The van der Waals surface area contributed by atoms with E-state index in [1.807, 2.05) is 0 Å². The van der Waals surface area contributed by atoms with Gasteiger partial charge in [-0.2, -0.15) is 0 Å². The lowest BCUT2D eigenvalue weighted by Crippen LogP contribution is -2.29. The molecular formula is C11H9N2O4+. The zero-order valence-electron chi connectivity index (χ0n) is 8.65. The number of rotatable bonds is 2. The first-order chi connectivity index (χ1) is 8.09. The van der Waals surface area contributed by atoms with Crippen LogP contribution < -0.4 is 10.3 Å². The van der Waals surface area contributed by atoms with Crippen molar-refractivity contribution in [2.45, 2.75) is 0 Å². The normalized spacial score (nSPS) is 10.1. The van der Waals surface area contributed by atoms with Crippen LogP contribution in [0.25, 0.3) is 5.69 Å². The van der Waals surface area contributed by atoms with Crippen LogP contribution in [0.2, 0.25) is 0 Å². The van der Waals surface area contributed by atoms with E-state index in [1.165, 1.54) is 47.4 Å². The van der Waals surface area contributed by atoms with Crippen molar-refractivity contribution >= 4 is 5.97 Å². The predicted octanol–water partition coefficient (Wildman–Crippen LogP) is 0.0605. The number of hydrogen-bond acceptors (Lipinski definition) is 3. The number of carboxylic acids is 1. The van der Waals surface area contributed by atoms with Crippen molar-refractivity contribution < 1.29 is 19.8 Å². The third kappa shape index (κ3) is 2.00. The van der Waals surface area contributed by atoms with Gasteiger partial charge in [0.15, 0.2) is 0 Å². The number of aromatic nitrogens is 2. The topological polar surface area (TPSA) is 83.4 Å². The Kier molecular flexibility index (Phi) is 2.61. The van der Waals surface area contributed by atoms with Gasteiger partial charge in [-0.15, -0.1) is 0 Å². The summed E-state index contributed by atoms with van der Waals surface area (Å²) in [5.74, 6) is -1.27. The summed E-state index contributed by atoms with van der Waals surface area (Å²) in [6, 6.07) is 5.71. The highest BCUT2D eigenvalue weighted by Gasteiger charge is 2.11. The van der Waals surface area contributed by atoms with Gasteiger partial charge in [-0.05, 0) is 12.1 Å². The SMILES string of the molecule is O=C(O)c1cccn(-c2cc[n+](O)cc2)c1=O. The molecule has 0 aromatic carbocycles. The summed E-state index contributed by atoms with van der Waals surface area (Å²) in [6.07, 6.45) is 4.15. The van der Waals surface area contributed by atoms with Crippen molar-refractivity contribution in [1.82, 2.24) is 4.57 Å². The van der Waals surface area contributed by atoms with Crippen molar-refractivity contribution in [1.29, 1.82) is 0 Å². The number of carbonyl (C=O) groups is 1. The Labute approximate surface area is 95.6 Å². The van der Waals surface area contributed by atoms with Crippen LogP contribution >= 0.6 is 0 Å². The van der Waals surface area contributed by atoms with Crippen LogP contribution in [0.4, 0.5) is 0 Å². The average Bonchev–Trinajstić information content (AvgIpc) is 2.30. The molecule has 6 heteroatoms. The summed E-state index contributed by atoms with van der Waals surface area (Å²) in [5.41, 5.74) is -0.438. The first-order valence-electron chi connectivity index (χ1n) is 4.75. The lowest BCUT2D eigenvalue weighted by Gasteiger charge is -2.04. The summed E-state index contributed by atoms with van der Waals surface area (Å²) in [4.78, 5) is 22.6. The van der Waals surface area contributed by atoms with Gasteiger partial charge in [0.05, 0.1) is 5.69 Å². The second-order valence-electron chi connectivity index (χ2n) is 3.34. The van der Waals surface area contributed by atoms with E-state index < -0.39 is 11.5 Å². The molecule has 17 heavy (non-hydrogen) atoms. The van der Waals surface area contributed by atoms with E-state index in [0.29, 0.717) is 5.69 Å². The van der Waals surface area contributed by atoms with E-state index >= 15 is 0 Å². The van der Waals surface area contributed by atoms with Crippen molar-refractivity contribution in [3.63, 3.8) is 0 Å². The minimum Gasteiger partial charge on any atom is -0.477 e. The summed E-state index contributed by atoms with van der Waals surface area (Å²) < 4.78 is 2.03. The fourth-order valence-corrected chi connectivity index (χ4v) is 1.43. The maximum atomic E-state index is 11.8. The maximum absolute atomic E-state index is 11.8. The number of carboxylic acid groups (broad SMARTS) is 1. The van der Waals surface area contributed by atoms with E-state index in [9.17, 15) is 9.59 Å². The molecule has 0 amide bonds. The van der Waals surface area contributed by atoms with Gasteiger partial charge in [0.2, 0.25) is 12.4 Å². The van der Waals surface area contributed by atoms with Gasteiger partial charge >= 0.3 is 5.97 Å². The highest BCUT2D eigenvalue weighted by Crippen LogP contribution is 2.02. The van der Waals surface area contributed by atoms with Gasteiger partial charge < -0.3 is 5.11 Å². The van der Waals surface area contributed by atoms with Crippen LogP contribution in [0, 0.1) is 0 Å². The molecule has 2 rings (SSSR count). The molecule has 0 saturated heterocycles.